The number of phenols is 1. The summed E-state index contributed by atoms with van der Waals surface area (Å²) < 4.78 is 1.30. The van der Waals surface area contributed by atoms with Gasteiger partial charge in [0.15, 0.2) is 0 Å². The van der Waals surface area contributed by atoms with Crippen molar-refractivity contribution in [3.8, 4) is 11.8 Å². The lowest BCUT2D eigenvalue weighted by Gasteiger charge is -2.03. The summed E-state index contributed by atoms with van der Waals surface area (Å²) in [5.41, 5.74) is 4.11. The second kappa shape index (κ2) is 6.34. The summed E-state index contributed by atoms with van der Waals surface area (Å²) in [6.07, 6.45) is 1.75. The molecule has 0 amide bonds. The van der Waals surface area contributed by atoms with Gasteiger partial charge >= 0.3 is 0 Å². The maximum absolute atomic E-state index is 9.80. The number of nitriles is 1. The Hall–Kier alpha value is -1.85. The highest BCUT2D eigenvalue weighted by atomic mass is 127. The zero-order valence-corrected chi connectivity index (χ0v) is 15.8. The van der Waals surface area contributed by atoms with Gasteiger partial charge in [-0.25, -0.2) is 4.98 Å². The first-order valence-electron chi connectivity index (χ1n) is 6.74. The van der Waals surface area contributed by atoms with E-state index in [0.717, 1.165) is 22.2 Å². The molecule has 4 nitrogen and oxygen atoms in total. The number of H-pyrrole nitrogens is 1. The number of benzene rings is 2. The quantitative estimate of drug-likeness (QED) is 0.401. The Morgan fingerprint density at radius 2 is 2.17 bits per heavy atom. The molecule has 0 unspecified atom stereocenters. The molecular formula is C17H11BrIN3O. The van der Waals surface area contributed by atoms with Crippen LogP contribution in [0, 0.1) is 21.8 Å². The minimum atomic E-state index is 0.195. The fourth-order valence-corrected chi connectivity index (χ4v) is 3.74. The molecule has 0 radical (unpaired) electrons. The van der Waals surface area contributed by atoms with E-state index in [1.807, 2.05) is 53.8 Å². The van der Waals surface area contributed by atoms with Gasteiger partial charge in [0.05, 0.1) is 24.6 Å². The van der Waals surface area contributed by atoms with Crippen LogP contribution in [0.1, 0.15) is 17.0 Å². The van der Waals surface area contributed by atoms with Gasteiger partial charge in [-0.2, -0.15) is 5.26 Å². The third kappa shape index (κ3) is 3.26. The summed E-state index contributed by atoms with van der Waals surface area (Å²) in [7, 11) is 0. The van der Waals surface area contributed by atoms with Gasteiger partial charge in [0, 0.05) is 0 Å². The van der Waals surface area contributed by atoms with Crippen molar-refractivity contribution >= 4 is 61.2 Å². The number of aromatic amines is 1. The number of aromatic hydroxyl groups is 1. The van der Waals surface area contributed by atoms with Crippen LogP contribution in [0.5, 0.6) is 5.75 Å². The number of nitrogens with one attached hydrogen (secondary N) is 1. The zero-order valence-electron chi connectivity index (χ0n) is 12.1. The zero-order chi connectivity index (χ0) is 16.6. The van der Waals surface area contributed by atoms with E-state index < -0.39 is 0 Å². The van der Waals surface area contributed by atoms with E-state index >= 15 is 0 Å². The lowest BCUT2D eigenvalue weighted by molar-refractivity contribution is 0.468. The summed E-state index contributed by atoms with van der Waals surface area (Å²) in [4.78, 5) is 7.66. The van der Waals surface area contributed by atoms with Gasteiger partial charge in [-0.1, -0.05) is 6.07 Å². The summed E-state index contributed by atoms with van der Waals surface area (Å²) in [5, 5.41) is 19.3. The van der Waals surface area contributed by atoms with Crippen LogP contribution in [-0.4, -0.2) is 15.1 Å². The van der Waals surface area contributed by atoms with Gasteiger partial charge in [-0.15, -0.1) is 0 Å². The molecule has 0 saturated heterocycles. The monoisotopic (exact) mass is 479 g/mol. The molecule has 6 heteroatoms. The molecule has 0 atom stereocenters. The summed E-state index contributed by atoms with van der Waals surface area (Å²) >= 11 is 5.36. The Bertz CT molecular complexity index is 962. The fourth-order valence-electron chi connectivity index (χ4n) is 2.24. The van der Waals surface area contributed by atoms with Crippen molar-refractivity contribution in [3.63, 3.8) is 0 Å². The predicted octanol–water partition coefficient (Wildman–Crippen LogP) is 5.01. The second-order valence-corrected chi connectivity index (χ2v) is 7.13. The highest BCUT2D eigenvalue weighted by molar-refractivity contribution is 14.1. The van der Waals surface area contributed by atoms with E-state index in [4.69, 9.17) is 0 Å². The molecule has 0 aliphatic rings. The molecule has 0 fully saturated rings. The van der Waals surface area contributed by atoms with Gasteiger partial charge in [0.25, 0.3) is 0 Å². The van der Waals surface area contributed by atoms with Crippen LogP contribution >= 0.6 is 38.5 Å². The van der Waals surface area contributed by atoms with Crippen molar-refractivity contribution in [2.45, 2.75) is 6.92 Å². The average Bonchev–Trinajstić information content (AvgIpc) is 2.92. The van der Waals surface area contributed by atoms with Gasteiger partial charge in [0.1, 0.15) is 17.6 Å². The van der Waals surface area contributed by atoms with E-state index in [1.54, 1.807) is 12.1 Å². The Morgan fingerprint density at radius 1 is 1.39 bits per heavy atom. The minimum absolute atomic E-state index is 0.195. The van der Waals surface area contributed by atoms with Crippen LogP contribution < -0.4 is 0 Å². The number of nitrogens with zero attached hydrogens (tertiary/aromatic N) is 2. The molecule has 0 aliphatic carbocycles. The largest absolute Gasteiger partial charge is 0.506 e. The first-order chi connectivity index (χ1) is 11.0. The number of phenolic OH excluding ortho intramolecular Hbond substituents is 1. The Morgan fingerprint density at radius 3 is 2.87 bits per heavy atom. The minimum Gasteiger partial charge on any atom is -0.506 e. The third-order valence-electron chi connectivity index (χ3n) is 3.36. The first-order valence-corrected chi connectivity index (χ1v) is 8.61. The molecular weight excluding hydrogens is 469 g/mol. The summed E-state index contributed by atoms with van der Waals surface area (Å²) in [6.45, 7) is 2.01. The lowest BCUT2D eigenvalue weighted by Crippen LogP contribution is -1.86. The number of fused-ring (bicyclic) bond motifs is 1. The number of imidazole rings is 1. The Kier molecular flexibility index (Phi) is 4.41. The number of allylic oxidation sites excluding steroid dienone is 1. The summed E-state index contributed by atoms with van der Waals surface area (Å²) in [5.74, 6) is 0.729. The van der Waals surface area contributed by atoms with Crippen molar-refractivity contribution in [2.75, 3.05) is 0 Å². The number of hydrogen-bond donors (Lipinski definition) is 2. The van der Waals surface area contributed by atoms with Crippen LogP contribution in [0.15, 0.2) is 34.8 Å². The van der Waals surface area contributed by atoms with Gasteiger partial charge < -0.3 is 10.1 Å². The number of hydrogen-bond acceptors (Lipinski definition) is 3. The van der Waals surface area contributed by atoms with Crippen molar-refractivity contribution < 1.29 is 5.11 Å². The van der Waals surface area contributed by atoms with Crippen molar-refractivity contribution in [3.05, 3.63) is 55.3 Å². The molecule has 114 valence electrons. The van der Waals surface area contributed by atoms with Crippen LogP contribution in [0.4, 0.5) is 0 Å². The number of aryl methyl sites for hydroxylation is 1. The molecule has 3 rings (SSSR count). The molecule has 0 spiro atoms. The van der Waals surface area contributed by atoms with Crippen molar-refractivity contribution in [1.82, 2.24) is 9.97 Å². The van der Waals surface area contributed by atoms with E-state index in [0.29, 0.717) is 19.4 Å². The normalized spacial score (nSPS) is 11.7. The standard InChI is InChI=1S/C17H11BrIN3O/c1-9-2-3-14-15(4-9)22-17(21-14)11(8-20)5-10-6-12(18)16(23)13(19)7-10/h2-7,23H,1H3,(H,21,22)/b11-5+. The fraction of sp³-hybridized carbons (Fsp3) is 0.0588. The van der Waals surface area contributed by atoms with Gasteiger partial charge in [-0.3, -0.25) is 0 Å². The maximum Gasteiger partial charge on any atom is 0.149 e. The van der Waals surface area contributed by atoms with Gasteiger partial charge in [-0.05, 0) is 86.9 Å². The molecule has 1 heterocycles. The Labute approximate surface area is 155 Å². The highest BCUT2D eigenvalue weighted by Crippen LogP contribution is 2.31. The van der Waals surface area contributed by atoms with E-state index in [-0.39, 0.29) is 5.75 Å². The van der Waals surface area contributed by atoms with Gasteiger partial charge in [0.2, 0.25) is 0 Å². The van der Waals surface area contributed by atoms with E-state index in [2.05, 4.69) is 32.0 Å². The number of aromatic nitrogens is 2. The van der Waals surface area contributed by atoms with Crippen molar-refractivity contribution in [2.24, 2.45) is 0 Å². The molecule has 0 saturated carbocycles. The molecule has 23 heavy (non-hydrogen) atoms. The van der Waals surface area contributed by atoms with Crippen LogP contribution in [0.3, 0.4) is 0 Å². The summed E-state index contributed by atoms with van der Waals surface area (Å²) in [6, 6.07) is 11.7. The molecule has 1 aromatic heterocycles. The van der Waals surface area contributed by atoms with E-state index in [9.17, 15) is 10.4 Å². The average molecular weight is 480 g/mol. The third-order valence-corrected chi connectivity index (χ3v) is 4.79. The topological polar surface area (TPSA) is 72.7 Å². The highest BCUT2D eigenvalue weighted by Gasteiger charge is 2.10. The predicted molar refractivity (Wildman–Crippen MR) is 103 cm³/mol. The number of rotatable bonds is 2. The number of halogens is 2. The molecule has 2 aromatic carbocycles. The van der Waals surface area contributed by atoms with Crippen LogP contribution in [0.2, 0.25) is 0 Å². The smallest absolute Gasteiger partial charge is 0.149 e. The molecule has 0 bridgehead atoms. The molecule has 2 N–H and O–H groups in total. The van der Waals surface area contributed by atoms with Crippen LogP contribution in [-0.2, 0) is 0 Å². The SMILES string of the molecule is Cc1ccc2nc(/C(C#N)=C/c3cc(Br)c(O)c(I)c3)[nH]c2c1. The second-order valence-electron chi connectivity index (χ2n) is 5.11. The molecule has 0 aliphatic heterocycles. The van der Waals surface area contributed by atoms with E-state index in [1.165, 1.54) is 0 Å². The molecule has 3 aromatic rings. The first kappa shape index (κ1) is 16.0. The Balaban J connectivity index is 2.09. The van der Waals surface area contributed by atoms with Crippen LogP contribution in [0.25, 0.3) is 22.7 Å². The lowest BCUT2D eigenvalue weighted by atomic mass is 10.1. The van der Waals surface area contributed by atoms with Crippen molar-refractivity contribution in [1.29, 1.82) is 5.26 Å². The maximum atomic E-state index is 9.80.